The van der Waals surface area contributed by atoms with E-state index in [0.717, 1.165) is 6.42 Å². The first-order valence-electron chi connectivity index (χ1n) is 17.9. The highest BCUT2D eigenvalue weighted by molar-refractivity contribution is 6.15. The molecule has 10 rings (SSSR count). The van der Waals surface area contributed by atoms with Gasteiger partial charge in [0, 0.05) is 16.5 Å². The smallest absolute Gasteiger partial charge is 0.0627 e. The molecule has 0 N–H and O–H groups in total. The molecule has 1 nitrogen and oxygen atoms in total. The van der Waals surface area contributed by atoms with E-state index in [9.17, 15) is 0 Å². The van der Waals surface area contributed by atoms with Crippen molar-refractivity contribution < 1.29 is 0 Å². The molecule has 0 amide bonds. The summed E-state index contributed by atoms with van der Waals surface area (Å²) in [7, 11) is 0. The third kappa shape index (κ3) is 5.18. The first-order valence-corrected chi connectivity index (χ1v) is 17.9. The molecule has 1 aliphatic heterocycles. The van der Waals surface area contributed by atoms with E-state index in [4.69, 9.17) is 0 Å². The van der Waals surface area contributed by atoms with E-state index in [0.29, 0.717) is 0 Å². The molecule has 1 aliphatic rings. The Morgan fingerprint density at radius 1 is 0.353 bits per heavy atom. The molecule has 0 bridgehead atoms. The summed E-state index contributed by atoms with van der Waals surface area (Å²) in [5.41, 5.74) is 9.99. The van der Waals surface area contributed by atoms with Gasteiger partial charge in [0.25, 0.3) is 0 Å². The summed E-state index contributed by atoms with van der Waals surface area (Å²) in [5, 5.41) is 10.0. The maximum Gasteiger partial charge on any atom is 0.0627 e. The summed E-state index contributed by atoms with van der Waals surface area (Å²) in [6.07, 6.45) is 3.37. The zero-order chi connectivity index (χ0) is 33.7. The number of benzene rings is 9. The van der Waals surface area contributed by atoms with Gasteiger partial charge in [-0.3, -0.25) is 0 Å². The third-order valence-electron chi connectivity index (χ3n) is 10.7. The minimum Gasteiger partial charge on any atom is -0.332 e. The summed E-state index contributed by atoms with van der Waals surface area (Å²) >= 11 is 0. The molecule has 0 saturated carbocycles. The summed E-state index contributed by atoms with van der Waals surface area (Å²) in [4.78, 5) is 2.63. The highest BCUT2D eigenvalue weighted by Gasteiger charge is 2.32. The van der Waals surface area contributed by atoms with Gasteiger partial charge in [-0.2, -0.15) is 0 Å². The molecule has 1 heterocycles. The first-order chi connectivity index (χ1) is 25.3. The Bertz CT molecular complexity index is 2780. The summed E-state index contributed by atoms with van der Waals surface area (Å²) < 4.78 is 0. The Morgan fingerprint density at radius 3 is 1.51 bits per heavy atom. The Hall–Kier alpha value is -6.44. The SMILES string of the molecule is C1=C(c2ccccc2)N(c2c3ccc(-c4ccc5ccccc5c4)cc3cc3ccc(-c4ccc5ccccc5c4)cc23)C(c2ccccc2)C1. The molecular weight excluding hydrogens is 615 g/mol. The van der Waals surface area contributed by atoms with Gasteiger partial charge in [0.15, 0.2) is 0 Å². The summed E-state index contributed by atoms with van der Waals surface area (Å²) in [6.45, 7) is 0. The lowest BCUT2D eigenvalue weighted by atomic mass is 9.92. The maximum absolute atomic E-state index is 2.63. The third-order valence-corrected chi connectivity index (χ3v) is 10.7. The number of nitrogens with zero attached hydrogens (tertiary/aromatic N) is 1. The second-order valence-corrected chi connectivity index (χ2v) is 13.7. The van der Waals surface area contributed by atoms with Crippen LogP contribution in [0.15, 0.2) is 194 Å². The number of hydrogen-bond acceptors (Lipinski definition) is 1. The Labute approximate surface area is 298 Å². The van der Waals surface area contributed by atoms with Crippen molar-refractivity contribution in [2.45, 2.75) is 12.5 Å². The first kappa shape index (κ1) is 29.5. The lowest BCUT2D eigenvalue weighted by Crippen LogP contribution is -2.23. The number of fused-ring (bicyclic) bond motifs is 4. The zero-order valence-electron chi connectivity index (χ0n) is 28.2. The number of hydrogen-bond donors (Lipinski definition) is 0. The minimum absolute atomic E-state index is 0.166. The van der Waals surface area contributed by atoms with E-state index in [2.05, 4.69) is 199 Å². The number of rotatable bonds is 5. The lowest BCUT2D eigenvalue weighted by Gasteiger charge is -2.33. The van der Waals surface area contributed by atoms with E-state index >= 15 is 0 Å². The van der Waals surface area contributed by atoms with Gasteiger partial charge in [-0.05, 0) is 102 Å². The zero-order valence-corrected chi connectivity index (χ0v) is 28.2. The molecular formula is C50H35N. The largest absolute Gasteiger partial charge is 0.332 e. The minimum atomic E-state index is 0.166. The van der Waals surface area contributed by atoms with E-state index in [1.165, 1.54) is 87.9 Å². The van der Waals surface area contributed by atoms with Crippen LogP contribution < -0.4 is 4.90 Å². The average Bonchev–Trinajstić information content (AvgIpc) is 3.64. The molecule has 1 unspecified atom stereocenters. The lowest BCUT2D eigenvalue weighted by molar-refractivity contribution is 0.753. The van der Waals surface area contributed by atoms with Gasteiger partial charge < -0.3 is 4.90 Å². The van der Waals surface area contributed by atoms with Gasteiger partial charge in [0.2, 0.25) is 0 Å². The van der Waals surface area contributed by atoms with Crippen LogP contribution in [0.2, 0.25) is 0 Å². The van der Waals surface area contributed by atoms with Crippen LogP contribution in [-0.2, 0) is 0 Å². The van der Waals surface area contributed by atoms with Crippen LogP contribution in [-0.4, -0.2) is 0 Å². The molecule has 0 aromatic heterocycles. The van der Waals surface area contributed by atoms with Gasteiger partial charge in [-0.1, -0.05) is 164 Å². The Balaban J connectivity index is 1.23. The van der Waals surface area contributed by atoms with Crippen molar-refractivity contribution in [1.82, 2.24) is 0 Å². The summed E-state index contributed by atoms with van der Waals surface area (Å²) in [6, 6.07) is 69.5. The highest BCUT2D eigenvalue weighted by Crippen LogP contribution is 2.49. The van der Waals surface area contributed by atoms with Crippen molar-refractivity contribution in [1.29, 1.82) is 0 Å². The molecule has 0 aliphatic carbocycles. The quantitative estimate of drug-likeness (QED) is 0.168. The Kier molecular flexibility index (Phi) is 7.03. The topological polar surface area (TPSA) is 3.24 Å². The van der Waals surface area contributed by atoms with Crippen molar-refractivity contribution in [3.05, 3.63) is 205 Å². The van der Waals surface area contributed by atoms with E-state index in [1.54, 1.807) is 0 Å². The van der Waals surface area contributed by atoms with Gasteiger partial charge in [0.1, 0.15) is 0 Å². The van der Waals surface area contributed by atoms with E-state index < -0.39 is 0 Å². The van der Waals surface area contributed by atoms with Crippen LogP contribution in [0.4, 0.5) is 5.69 Å². The van der Waals surface area contributed by atoms with Gasteiger partial charge >= 0.3 is 0 Å². The fraction of sp³-hybridized carbons (Fsp3) is 0.0400. The molecule has 240 valence electrons. The molecule has 0 saturated heterocycles. The van der Waals surface area contributed by atoms with Crippen LogP contribution in [0.1, 0.15) is 23.6 Å². The fourth-order valence-electron chi connectivity index (χ4n) is 8.15. The van der Waals surface area contributed by atoms with Crippen LogP contribution >= 0.6 is 0 Å². The maximum atomic E-state index is 2.63. The van der Waals surface area contributed by atoms with E-state index in [-0.39, 0.29) is 6.04 Å². The van der Waals surface area contributed by atoms with Crippen molar-refractivity contribution in [2.75, 3.05) is 4.90 Å². The molecule has 1 heteroatoms. The van der Waals surface area contributed by atoms with E-state index in [1.807, 2.05) is 0 Å². The van der Waals surface area contributed by atoms with Crippen molar-refractivity contribution >= 4 is 54.5 Å². The predicted octanol–water partition coefficient (Wildman–Crippen LogP) is 13.6. The van der Waals surface area contributed by atoms with Gasteiger partial charge in [-0.25, -0.2) is 0 Å². The Morgan fingerprint density at radius 2 is 0.863 bits per heavy atom. The predicted molar refractivity (Wildman–Crippen MR) is 218 cm³/mol. The molecule has 9 aromatic carbocycles. The van der Waals surface area contributed by atoms with Crippen molar-refractivity contribution in [3.8, 4) is 22.3 Å². The second-order valence-electron chi connectivity index (χ2n) is 13.7. The van der Waals surface area contributed by atoms with Gasteiger partial charge in [-0.15, -0.1) is 0 Å². The molecule has 0 fully saturated rings. The highest BCUT2D eigenvalue weighted by atomic mass is 15.2. The standard InChI is InChI=1S/C50H35N/c1-3-13-36(14-4-1)48-27-28-49(37-15-5-2-6-16-37)51(48)50-46-26-25-42(40-21-19-34-11-7-9-17-38(34)29-40)31-45(46)32-44-24-23-43(33-47(44)50)41-22-20-35-12-8-10-18-39(35)30-41/h1-27,29-33,49H,28H2. The number of anilines is 1. The molecule has 1 atom stereocenters. The summed E-state index contributed by atoms with van der Waals surface area (Å²) in [5.74, 6) is 0. The average molecular weight is 650 g/mol. The van der Waals surface area contributed by atoms with Crippen LogP contribution in [0.25, 0.3) is 71.0 Å². The molecule has 0 radical (unpaired) electrons. The molecule has 51 heavy (non-hydrogen) atoms. The monoisotopic (exact) mass is 649 g/mol. The molecule has 9 aromatic rings. The van der Waals surface area contributed by atoms with Crippen molar-refractivity contribution in [3.63, 3.8) is 0 Å². The van der Waals surface area contributed by atoms with Crippen molar-refractivity contribution in [2.24, 2.45) is 0 Å². The van der Waals surface area contributed by atoms with Crippen LogP contribution in [0, 0.1) is 0 Å². The normalized spacial score (nSPS) is 14.5. The van der Waals surface area contributed by atoms with Crippen LogP contribution in [0.5, 0.6) is 0 Å². The molecule has 0 spiro atoms. The van der Waals surface area contributed by atoms with Crippen LogP contribution in [0.3, 0.4) is 0 Å². The second kappa shape index (κ2) is 12.2. The van der Waals surface area contributed by atoms with Gasteiger partial charge in [0.05, 0.1) is 11.7 Å². The fourth-order valence-corrected chi connectivity index (χ4v) is 8.15.